The molecule has 3 N–H and O–H groups in total. The van der Waals surface area contributed by atoms with Crippen LogP contribution < -0.4 is 11.1 Å². The second-order valence-electron chi connectivity index (χ2n) is 8.39. The molecule has 172 valence electrons. The number of aryl methyl sites for hydroxylation is 1. The second-order valence-corrected chi connectivity index (χ2v) is 13.4. The third-order valence-corrected chi connectivity index (χ3v) is 6.65. The molecule has 2 aromatic heterocycles. The lowest BCUT2D eigenvalue weighted by Crippen LogP contribution is -2.19. The summed E-state index contributed by atoms with van der Waals surface area (Å²) in [5.74, 6) is 0.938. The topological polar surface area (TPSA) is 95.1 Å². The number of hydrogen-bond acceptors (Lipinski definition) is 5. The number of rotatable bonds is 8. The lowest BCUT2D eigenvalue weighted by Gasteiger charge is -2.25. The summed E-state index contributed by atoms with van der Waals surface area (Å²) >= 11 is 6.33. The van der Waals surface area contributed by atoms with E-state index in [2.05, 4.69) is 34.1 Å². The summed E-state index contributed by atoms with van der Waals surface area (Å²) in [6, 6.07) is 9.22. The molecular weight excluding hydrogens is 446 g/mol. The van der Waals surface area contributed by atoms with Gasteiger partial charge in [-0.3, -0.25) is 4.79 Å². The molecule has 0 unspecified atom stereocenters. The largest absolute Gasteiger partial charge is 0.368 e. The smallest absolute Gasteiger partial charge is 0.253 e. The van der Waals surface area contributed by atoms with E-state index in [1.165, 1.54) is 0 Å². The number of carbonyl (C=O) groups is 1. The molecule has 3 aromatic rings. The maximum absolute atomic E-state index is 12.9. The summed E-state index contributed by atoms with van der Waals surface area (Å²) in [5, 5.41) is 3.33. The molecule has 0 saturated carbocycles. The van der Waals surface area contributed by atoms with Gasteiger partial charge < -0.3 is 20.4 Å². The van der Waals surface area contributed by atoms with Gasteiger partial charge in [0.25, 0.3) is 5.91 Å². The molecule has 1 amide bonds. The maximum Gasteiger partial charge on any atom is 0.253 e. The van der Waals surface area contributed by atoms with Crippen LogP contribution in [0.25, 0.3) is 22.6 Å². The van der Waals surface area contributed by atoms with E-state index in [4.69, 9.17) is 22.1 Å². The fourth-order valence-corrected chi connectivity index (χ4v) is 4.11. The number of hydrogen-bond donors (Lipinski definition) is 2. The number of benzene rings is 1. The van der Waals surface area contributed by atoms with Gasteiger partial charge >= 0.3 is 0 Å². The minimum absolute atomic E-state index is 0.162. The summed E-state index contributed by atoms with van der Waals surface area (Å²) in [4.78, 5) is 21.3. The number of nitrogen functional groups attached to an aromatic ring is 1. The van der Waals surface area contributed by atoms with Crippen LogP contribution in [0.5, 0.6) is 0 Å². The zero-order chi connectivity index (χ0) is 23.5. The molecule has 0 bridgehead atoms. The van der Waals surface area contributed by atoms with E-state index in [0.717, 1.165) is 28.3 Å². The van der Waals surface area contributed by atoms with E-state index in [9.17, 15) is 4.79 Å². The van der Waals surface area contributed by atoms with Crippen molar-refractivity contribution < 1.29 is 9.53 Å². The quantitative estimate of drug-likeness (QED) is 0.476. The van der Waals surface area contributed by atoms with Crippen LogP contribution in [0.15, 0.2) is 36.5 Å². The Morgan fingerprint density at radius 2 is 2.00 bits per heavy atom. The Bertz CT molecular complexity index is 1120. The Labute approximate surface area is 195 Å². The number of nitrogens with zero attached hydrogens (tertiary/aromatic N) is 3. The average Bonchev–Trinajstić information content (AvgIpc) is 3.11. The molecule has 9 heteroatoms. The van der Waals surface area contributed by atoms with Gasteiger partial charge in [-0.15, -0.1) is 0 Å². The Hall–Kier alpha value is -2.55. The van der Waals surface area contributed by atoms with Crippen molar-refractivity contribution in [3.8, 4) is 22.6 Å². The number of anilines is 1. The molecule has 3 rings (SSSR count). The van der Waals surface area contributed by atoms with Gasteiger partial charge in [0.2, 0.25) is 5.95 Å². The van der Waals surface area contributed by atoms with Crippen molar-refractivity contribution in [1.82, 2.24) is 19.9 Å². The van der Waals surface area contributed by atoms with Gasteiger partial charge in [0, 0.05) is 29.6 Å². The molecule has 7 nitrogen and oxygen atoms in total. The Kier molecular flexibility index (Phi) is 7.48. The standard InChI is InChI=1S/C23H30ClN5O2S/c1-15-6-7-16(24)12-17(15)21-18(22(30)26-2)13-20(19-8-9-27-23(25)28-19)29(21)14-31-10-11-32(3,4)5/h6-9,12-13H,10-11,14H2,1-5H3,(H,26,30)(H2,25,27,28). The van der Waals surface area contributed by atoms with Crippen LogP contribution in [0.3, 0.4) is 0 Å². The number of amides is 1. The van der Waals surface area contributed by atoms with Crippen molar-refractivity contribution in [1.29, 1.82) is 0 Å². The van der Waals surface area contributed by atoms with Crippen molar-refractivity contribution in [3.63, 3.8) is 0 Å². The zero-order valence-electron chi connectivity index (χ0n) is 19.1. The van der Waals surface area contributed by atoms with Gasteiger partial charge in [-0.05, 0) is 55.5 Å². The van der Waals surface area contributed by atoms with Crippen molar-refractivity contribution in [3.05, 3.63) is 52.7 Å². The van der Waals surface area contributed by atoms with Crippen LogP contribution in [0, 0.1) is 6.92 Å². The highest BCUT2D eigenvalue weighted by atomic mass is 35.5. The van der Waals surface area contributed by atoms with Crippen LogP contribution in [0.4, 0.5) is 5.95 Å². The van der Waals surface area contributed by atoms with Crippen molar-refractivity contribution in [2.24, 2.45) is 0 Å². The molecular formula is C23H30ClN5O2S. The predicted molar refractivity (Wildman–Crippen MR) is 135 cm³/mol. The minimum Gasteiger partial charge on any atom is -0.368 e. The molecule has 0 atom stereocenters. The highest BCUT2D eigenvalue weighted by Crippen LogP contribution is 2.36. The van der Waals surface area contributed by atoms with Crippen LogP contribution in [-0.4, -0.2) is 58.6 Å². The first kappa shape index (κ1) is 24.1. The summed E-state index contributed by atoms with van der Waals surface area (Å²) < 4.78 is 8.05. The van der Waals surface area contributed by atoms with Crippen LogP contribution in [0.1, 0.15) is 15.9 Å². The van der Waals surface area contributed by atoms with E-state index in [0.29, 0.717) is 22.9 Å². The Morgan fingerprint density at radius 1 is 1.25 bits per heavy atom. The zero-order valence-corrected chi connectivity index (χ0v) is 20.7. The van der Waals surface area contributed by atoms with Gasteiger partial charge in [-0.2, -0.15) is 0 Å². The Balaban J connectivity index is 2.19. The van der Waals surface area contributed by atoms with E-state index >= 15 is 0 Å². The molecule has 0 saturated heterocycles. The van der Waals surface area contributed by atoms with Crippen LogP contribution >= 0.6 is 21.6 Å². The summed E-state index contributed by atoms with van der Waals surface area (Å²) in [7, 11) is 0.924. The van der Waals surface area contributed by atoms with Gasteiger partial charge in [0.05, 0.1) is 29.3 Å². The molecule has 32 heavy (non-hydrogen) atoms. The lowest BCUT2D eigenvalue weighted by molar-refractivity contribution is 0.0914. The van der Waals surface area contributed by atoms with Gasteiger partial charge in [-0.25, -0.2) is 20.0 Å². The van der Waals surface area contributed by atoms with Crippen molar-refractivity contribution in [2.75, 3.05) is 43.9 Å². The molecule has 2 heterocycles. The molecule has 0 aliphatic heterocycles. The van der Waals surface area contributed by atoms with Gasteiger partial charge in [-0.1, -0.05) is 17.7 Å². The first-order valence-electron chi connectivity index (χ1n) is 10.2. The van der Waals surface area contributed by atoms with E-state index in [1.807, 2.05) is 35.8 Å². The molecule has 0 fully saturated rings. The summed E-state index contributed by atoms with van der Waals surface area (Å²) in [5.41, 5.74) is 10.3. The number of nitrogens with one attached hydrogen (secondary N) is 1. The molecule has 0 aliphatic rings. The molecule has 0 spiro atoms. The third-order valence-electron chi connectivity index (χ3n) is 5.02. The lowest BCUT2D eigenvalue weighted by atomic mass is 10.0. The van der Waals surface area contributed by atoms with Crippen LogP contribution in [0.2, 0.25) is 5.02 Å². The number of carbonyl (C=O) groups excluding carboxylic acids is 1. The van der Waals surface area contributed by atoms with E-state index < -0.39 is 10.0 Å². The predicted octanol–water partition coefficient (Wildman–Crippen LogP) is 4.18. The fraction of sp³-hybridized carbons (Fsp3) is 0.348. The first-order chi connectivity index (χ1) is 15.1. The SMILES string of the molecule is CNC(=O)c1cc(-c2ccnc(N)n2)n(COCCS(C)(C)C)c1-c1cc(Cl)ccc1C. The summed E-state index contributed by atoms with van der Waals surface area (Å²) in [6.45, 7) is 2.86. The monoisotopic (exact) mass is 475 g/mol. The molecule has 0 aliphatic carbocycles. The minimum atomic E-state index is -0.686. The molecule has 1 aromatic carbocycles. The van der Waals surface area contributed by atoms with Crippen molar-refractivity contribution >= 4 is 33.5 Å². The van der Waals surface area contributed by atoms with Gasteiger partial charge in [0.15, 0.2) is 0 Å². The molecule has 0 radical (unpaired) electrons. The highest BCUT2D eigenvalue weighted by molar-refractivity contribution is 8.32. The number of nitrogens with two attached hydrogens (primary N) is 1. The van der Waals surface area contributed by atoms with Crippen LogP contribution in [-0.2, 0) is 11.5 Å². The number of aromatic nitrogens is 3. The normalized spacial score (nSPS) is 12.1. The maximum atomic E-state index is 12.9. The number of halogens is 1. The average molecular weight is 476 g/mol. The summed E-state index contributed by atoms with van der Waals surface area (Å²) in [6.07, 6.45) is 8.37. The fourth-order valence-electron chi connectivity index (χ4n) is 3.32. The highest BCUT2D eigenvalue weighted by Gasteiger charge is 2.24. The van der Waals surface area contributed by atoms with E-state index in [-0.39, 0.29) is 18.6 Å². The third kappa shape index (κ3) is 5.62. The number of ether oxygens (including phenoxy) is 1. The first-order valence-corrected chi connectivity index (χ1v) is 13.6. The van der Waals surface area contributed by atoms with E-state index in [1.54, 1.807) is 19.3 Å². The Morgan fingerprint density at radius 3 is 2.66 bits per heavy atom. The van der Waals surface area contributed by atoms with Crippen molar-refractivity contribution in [2.45, 2.75) is 13.7 Å². The second kappa shape index (κ2) is 9.94. The van der Waals surface area contributed by atoms with Gasteiger partial charge in [0.1, 0.15) is 6.73 Å².